The lowest BCUT2D eigenvalue weighted by molar-refractivity contribution is -0.385. The Labute approximate surface area is 168 Å². The topological polar surface area (TPSA) is 78.7 Å². The molecule has 2 aromatic carbocycles. The summed E-state index contributed by atoms with van der Waals surface area (Å²) in [5, 5.41) is 10.9. The van der Waals surface area contributed by atoms with Gasteiger partial charge in [0.1, 0.15) is 17.6 Å². The summed E-state index contributed by atoms with van der Waals surface area (Å²) in [6.07, 6.45) is -4.16. The Hall–Kier alpha value is -3.07. The SMILES string of the molecule is C=CC(C)OC(=O)Cc1cc(Oc2ccc(C(F)(F)F)cc2Cl)ccc1[N+](=O)[O-]. The Kier molecular flexibility index (Phi) is 6.86. The molecule has 154 valence electrons. The van der Waals surface area contributed by atoms with Gasteiger partial charge in [0.2, 0.25) is 0 Å². The minimum absolute atomic E-state index is 0.0109. The standard InChI is InChI=1S/C19H15ClF3NO5/c1-3-11(2)28-18(25)9-12-8-14(5-6-16(12)24(26)27)29-17-7-4-13(10-15(17)20)19(21,22)23/h3-8,10-11H,1,9H2,2H3. The number of nitro benzene ring substituents is 1. The molecule has 10 heteroatoms. The van der Waals surface area contributed by atoms with Gasteiger partial charge >= 0.3 is 12.1 Å². The zero-order valence-electron chi connectivity index (χ0n) is 15.0. The zero-order valence-corrected chi connectivity index (χ0v) is 15.8. The molecule has 0 N–H and O–H groups in total. The highest BCUT2D eigenvalue weighted by molar-refractivity contribution is 6.32. The maximum Gasteiger partial charge on any atom is 0.416 e. The van der Waals surface area contributed by atoms with E-state index in [0.717, 1.165) is 18.2 Å². The Morgan fingerprint density at radius 3 is 2.55 bits per heavy atom. The molecule has 2 aromatic rings. The molecule has 1 unspecified atom stereocenters. The number of rotatable bonds is 7. The van der Waals surface area contributed by atoms with Crippen LogP contribution in [0.1, 0.15) is 18.1 Å². The minimum Gasteiger partial charge on any atom is -0.458 e. The summed E-state index contributed by atoms with van der Waals surface area (Å²) in [5.74, 6) is -0.746. The van der Waals surface area contributed by atoms with Gasteiger partial charge < -0.3 is 9.47 Å². The summed E-state index contributed by atoms with van der Waals surface area (Å²) < 4.78 is 48.6. The number of alkyl halides is 3. The van der Waals surface area contributed by atoms with Gasteiger partial charge in [0.05, 0.1) is 21.9 Å². The Balaban J connectivity index is 2.29. The number of nitro groups is 1. The van der Waals surface area contributed by atoms with E-state index in [2.05, 4.69) is 6.58 Å². The lowest BCUT2D eigenvalue weighted by atomic mass is 10.1. The van der Waals surface area contributed by atoms with Crippen molar-refractivity contribution in [2.45, 2.75) is 25.6 Å². The van der Waals surface area contributed by atoms with Crippen LogP contribution in [0.4, 0.5) is 18.9 Å². The molecule has 0 amide bonds. The van der Waals surface area contributed by atoms with E-state index in [1.165, 1.54) is 18.2 Å². The van der Waals surface area contributed by atoms with E-state index in [4.69, 9.17) is 21.1 Å². The molecule has 0 aromatic heterocycles. The summed E-state index contributed by atoms with van der Waals surface area (Å²) in [7, 11) is 0. The third kappa shape index (κ3) is 5.95. The van der Waals surface area contributed by atoms with Crippen molar-refractivity contribution in [1.82, 2.24) is 0 Å². The van der Waals surface area contributed by atoms with Gasteiger partial charge in [-0.2, -0.15) is 13.2 Å². The summed E-state index contributed by atoms with van der Waals surface area (Å²) in [4.78, 5) is 22.5. The fourth-order valence-corrected chi connectivity index (χ4v) is 2.50. The first-order chi connectivity index (χ1) is 13.5. The van der Waals surface area contributed by atoms with Crippen molar-refractivity contribution in [3.05, 3.63) is 75.3 Å². The van der Waals surface area contributed by atoms with Crippen molar-refractivity contribution in [2.75, 3.05) is 0 Å². The van der Waals surface area contributed by atoms with Crippen LogP contribution in [-0.2, 0) is 22.1 Å². The number of hydrogen-bond acceptors (Lipinski definition) is 5. The van der Waals surface area contributed by atoms with Crippen LogP contribution in [0.3, 0.4) is 0 Å². The predicted molar refractivity (Wildman–Crippen MR) is 99.1 cm³/mol. The number of esters is 1. The van der Waals surface area contributed by atoms with Gasteiger partial charge in [0.15, 0.2) is 0 Å². The van der Waals surface area contributed by atoms with Crippen LogP contribution in [0.2, 0.25) is 5.02 Å². The second-order valence-corrected chi connectivity index (χ2v) is 6.31. The number of nitrogens with zero attached hydrogens (tertiary/aromatic N) is 1. The average Bonchev–Trinajstić information content (AvgIpc) is 2.62. The summed E-state index contributed by atoms with van der Waals surface area (Å²) in [6.45, 7) is 5.04. The maximum atomic E-state index is 12.7. The molecule has 6 nitrogen and oxygen atoms in total. The highest BCUT2D eigenvalue weighted by Crippen LogP contribution is 2.37. The number of benzene rings is 2. The summed E-state index contributed by atoms with van der Waals surface area (Å²) in [5.41, 5.74) is -1.27. The molecule has 0 aliphatic heterocycles. The van der Waals surface area contributed by atoms with E-state index >= 15 is 0 Å². The fourth-order valence-electron chi connectivity index (χ4n) is 2.28. The molecule has 0 aliphatic carbocycles. The lowest BCUT2D eigenvalue weighted by Crippen LogP contribution is -2.15. The Morgan fingerprint density at radius 2 is 2.00 bits per heavy atom. The zero-order chi connectivity index (χ0) is 21.8. The van der Waals surface area contributed by atoms with E-state index in [0.29, 0.717) is 6.07 Å². The largest absolute Gasteiger partial charge is 0.458 e. The molecule has 0 bridgehead atoms. The lowest BCUT2D eigenvalue weighted by Gasteiger charge is -2.12. The molecule has 29 heavy (non-hydrogen) atoms. The van der Waals surface area contributed by atoms with Crippen LogP contribution in [0, 0.1) is 10.1 Å². The van der Waals surface area contributed by atoms with Crippen LogP contribution in [0.25, 0.3) is 0 Å². The van der Waals surface area contributed by atoms with E-state index in [1.807, 2.05) is 0 Å². The van der Waals surface area contributed by atoms with E-state index in [1.54, 1.807) is 6.92 Å². The molecule has 0 saturated carbocycles. The number of ether oxygens (including phenoxy) is 2. The van der Waals surface area contributed by atoms with Crippen molar-refractivity contribution in [1.29, 1.82) is 0 Å². The van der Waals surface area contributed by atoms with Crippen molar-refractivity contribution >= 4 is 23.3 Å². The van der Waals surface area contributed by atoms with Gasteiger partial charge in [-0.05, 0) is 37.3 Å². The molecule has 0 radical (unpaired) electrons. The summed E-state index contributed by atoms with van der Waals surface area (Å²) >= 11 is 5.85. The highest BCUT2D eigenvalue weighted by Gasteiger charge is 2.31. The first-order valence-corrected chi connectivity index (χ1v) is 8.53. The third-order valence-corrected chi connectivity index (χ3v) is 4.01. The average molecular weight is 430 g/mol. The van der Waals surface area contributed by atoms with Gasteiger partial charge in [-0.1, -0.05) is 24.3 Å². The molecule has 0 saturated heterocycles. The van der Waals surface area contributed by atoms with Crippen molar-refractivity contribution in [3.8, 4) is 11.5 Å². The molecule has 0 fully saturated rings. The number of carbonyl (C=O) groups excluding carboxylic acids is 1. The second kappa shape index (κ2) is 8.95. The van der Waals surface area contributed by atoms with E-state index in [-0.39, 0.29) is 27.8 Å². The number of carbonyl (C=O) groups is 1. The quantitative estimate of drug-likeness (QED) is 0.243. The van der Waals surface area contributed by atoms with Gasteiger partial charge in [-0.3, -0.25) is 14.9 Å². The van der Waals surface area contributed by atoms with Gasteiger partial charge in [-0.15, -0.1) is 0 Å². The van der Waals surface area contributed by atoms with Crippen LogP contribution in [0.5, 0.6) is 11.5 Å². The molecule has 0 heterocycles. The Morgan fingerprint density at radius 1 is 1.31 bits per heavy atom. The number of hydrogen-bond donors (Lipinski definition) is 0. The van der Waals surface area contributed by atoms with Crippen molar-refractivity contribution in [3.63, 3.8) is 0 Å². The highest BCUT2D eigenvalue weighted by atomic mass is 35.5. The smallest absolute Gasteiger partial charge is 0.416 e. The molecular weight excluding hydrogens is 415 g/mol. The monoisotopic (exact) mass is 429 g/mol. The minimum atomic E-state index is -4.56. The molecule has 0 aliphatic rings. The first kappa shape index (κ1) is 22.2. The predicted octanol–water partition coefficient (Wildman–Crippen LogP) is 5.72. The van der Waals surface area contributed by atoms with E-state index < -0.39 is 35.2 Å². The van der Waals surface area contributed by atoms with Crippen LogP contribution < -0.4 is 4.74 Å². The van der Waals surface area contributed by atoms with Crippen molar-refractivity contribution < 1.29 is 32.4 Å². The fraction of sp³-hybridized carbons (Fsp3) is 0.211. The van der Waals surface area contributed by atoms with Gasteiger partial charge in [-0.25, -0.2) is 0 Å². The van der Waals surface area contributed by atoms with Crippen LogP contribution in [-0.4, -0.2) is 17.0 Å². The first-order valence-electron chi connectivity index (χ1n) is 8.15. The Bertz CT molecular complexity index is 946. The summed E-state index contributed by atoms with van der Waals surface area (Å²) in [6, 6.07) is 6.12. The van der Waals surface area contributed by atoms with Crippen LogP contribution in [0.15, 0.2) is 49.1 Å². The van der Waals surface area contributed by atoms with Crippen molar-refractivity contribution in [2.24, 2.45) is 0 Å². The molecule has 0 spiro atoms. The molecule has 1 atom stereocenters. The third-order valence-electron chi connectivity index (χ3n) is 3.72. The van der Waals surface area contributed by atoms with Gasteiger partial charge in [0, 0.05) is 11.6 Å². The maximum absolute atomic E-state index is 12.7. The second-order valence-electron chi connectivity index (χ2n) is 5.90. The van der Waals surface area contributed by atoms with Gasteiger partial charge in [0.25, 0.3) is 5.69 Å². The normalized spacial score (nSPS) is 12.2. The van der Waals surface area contributed by atoms with Crippen LogP contribution >= 0.6 is 11.6 Å². The molecular formula is C19H15ClF3NO5. The molecule has 2 rings (SSSR count). The van der Waals surface area contributed by atoms with E-state index in [9.17, 15) is 28.1 Å². The number of halogens is 4.